The van der Waals surface area contributed by atoms with Gasteiger partial charge in [-0.2, -0.15) is 4.52 Å². The van der Waals surface area contributed by atoms with Gasteiger partial charge >= 0.3 is 0 Å². The van der Waals surface area contributed by atoms with Crippen LogP contribution in [0.25, 0.3) is 22.7 Å². The average Bonchev–Trinajstić information content (AvgIpc) is 3.06. The lowest BCUT2D eigenvalue weighted by atomic mass is 10.2. The largest absolute Gasteiger partial charge is 0.271 e. The first kappa shape index (κ1) is 9.23. The van der Waals surface area contributed by atoms with E-state index >= 15 is 0 Å². The first-order chi connectivity index (χ1) is 8.93. The number of hydrogen-bond acceptors (Lipinski definition) is 5. The maximum Gasteiger partial charge on any atom is 0.207 e. The lowest BCUT2D eigenvalue weighted by Gasteiger charge is -2.05. The summed E-state index contributed by atoms with van der Waals surface area (Å²) in [5, 5.41) is 19.3. The first-order valence-corrected chi connectivity index (χ1v) is 5.33. The van der Waals surface area contributed by atoms with Gasteiger partial charge < -0.3 is 0 Å². The SMILES string of the molecule is [c]1nnc2cccc(-c3cccc4nnnn34)n12. The molecule has 0 unspecified atom stereocenters. The summed E-state index contributed by atoms with van der Waals surface area (Å²) in [5.74, 6) is 0. The normalized spacial score (nSPS) is 11.3. The van der Waals surface area contributed by atoms with E-state index in [1.807, 2.05) is 36.4 Å². The fourth-order valence-electron chi connectivity index (χ4n) is 1.96. The van der Waals surface area contributed by atoms with Gasteiger partial charge in [0.25, 0.3) is 0 Å². The van der Waals surface area contributed by atoms with Crippen LogP contribution < -0.4 is 0 Å². The molecule has 0 aliphatic carbocycles. The van der Waals surface area contributed by atoms with Crippen molar-refractivity contribution in [1.29, 1.82) is 0 Å². The van der Waals surface area contributed by atoms with Crippen LogP contribution in [0.1, 0.15) is 0 Å². The van der Waals surface area contributed by atoms with Gasteiger partial charge in [-0.15, -0.1) is 15.3 Å². The summed E-state index contributed by atoms with van der Waals surface area (Å²) in [6, 6.07) is 11.4. The molecule has 7 heteroatoms. The van der Waals surface area contributed by atoms with Crippen LogP contribution in [0.15, 0.2) is 36.4 Å². The van der Waals surface area contributed by atoms with Crippen LogP contribution in [0.5, 0.6) is 0 Å². The molecule has 4 aromatic rings. The van der Waals surface area contributed by atoms with Crippen LogP contribution in [0.2, 0.25) is 0 Å². The monoisotopic (exact) mass is 236 g/mol. The minimum absolute atomic E-state index is 0.692. The third kappa shape index (κ3) is 1.15. The predicted octanol–water partition coefficient (Wildman–Crippen LogP) is 0.634. The summed E-state index contributed by atoms with van der Waals surface area (Å²) in [4.78, 5) is 0. The molecule has 4 aromatic heterocycles. The molecule has 0 saturated heterocycles. The lowest BCUT2D eigenvalue weighted by Crippen LogP contribution is -1.98. The number of aromatic nitrogens is 7. The predicted molar refractivity (Wildman–Crippen MR) is 61.6 cm³/mol. The molecular formula is C11H6N7. The Morgan fingerprint density at radius 3 is 2.67 bits per heavy atom. The van der Waals surface area contributed by atoms with Gasteiger partial charge in [0.05, 0.1) is 11.4 Å². The maximum atomic E-state index is 3.97. The smallest absolute Gasteiger partial charge is 0.207 e. The minimum atomic E-state index is 0.692. The summed E-state index contributed by atoms with van der Waals surface area (Å²) in [6.07, 6.45) is 2.82. The molecule has 0 aliphatic heterocycles. The second kappa shape index (κ2) is 3.33. The average molecular weight is 236 g/mol. The number of tetrazole rings is 1. The summed E-state index contributed by atoms with van der Waals surface area (Å²) < 4.78 is 3.44. The van der Waals surface area contributed by atoms with Gasteiger partial charge in [0.2, 0.25) is 6.33 Å². The standard InChI is InChI=1S/C11H6N7/c1-3-8(17-7-12-13-10(17)5-1)9-4-2-6-11-14-15-16-18(9)11/h1-6H. The molecule has 85 valence electrons. The van der Waals surface area contributed by atoms with Gasteiger partial charge in [0.15, 0.2) is 11.3 Å². The highest BCUT2D eigenvalue weighted by atomic mass is 15.5. The van der Waals surface area contributed by atoms with Crippen molar-refractivity contribution in [3.63, 3.8) is 0 Å². The third-order valence-electron chi connectivity index (χ3n) is 2.75. The second-order valence-corrected chi connectivity index (χ2v) is 3.76. The molecule has 0 saturated carbocycles. The Labute approximate surface area is 101 Å². The molecule has 1 radical (unpaired) electrons. The molecular weight excluding hydrogens is 230 g/mol. The second-order valence-electron chi connectivity index (χ2n) is 3.76. The van der Waals surface area contributed by atoms with Gasteiger partial charge in [0.1, 0.15) is 0 Å². The van der Waals surface area contributed by atoms with E-state index in [1.165, 1.54) is 0 Å². The van der Waals surface area contributed by atoms with Crippen molar-refractivity contribution < 1.29 is 0 Å². The molecule has 0 aromatic carbocycles. The minimum Gasteiger partial charge on any atom is -0.271 e. The summed E-state index contributed by atoms with van der Waals surface area (Å²) in [6.45, 7) is 0. The van der Waals surface area contributed by atoms with Crippen LogP contribution in [-0.2, 0) is 0 Å². The zero-order valence-electron chi connectivity index (χ0n) is 9.09. The Morgan fingerprint density at radius 1 is 0.889 bits per heavy atom. The van der Waals surface area contributed by atoms with Crippen molar-refractivity contribution in [2.24, 2.45) is 0 Å². The quantitative estimate of drug-likeness (QED) is 0.484. The van der Waals surface area contributed by atoms with Crippen LogP contribution in [0.4, 0.5) is 0 Å². The molecule has 0 aliphatic rings. The maximum absolute atomic E-state index is 3.97. The third-order valence-corrected chi connectivity index (χ3v) is 2.75. The zero-order chi connectivity index (χ0) is 11.9. The topological polar surface area (TPSA) is 73.3 Å². The Kier molecular flexibility index (Phi) is 1.71. The van der Waals surface area contributed by atoms with Gasteiger partial charge in [-0.3, -0.25) is 4.40 Å². The van der Waals surface area contributed by atoms with Gasteiger partial charge in [-0.05, 0) is 34.7 Å². The first-order valence-electron chi connectivity index (χ1n) is 5.33. The Bertz CT molecular complexity index is 772. The van der Waals surface area contributed by atoms with Crippen LogP contribution >= 0.6 is 0 Å². The zero-order valence-corrected chi connectivity index (χ0v) is 9.09. The molecule has 7 nitrogen and oxygen atoms in total. The number of fused-ring (bicyclic) bond motifs is 2. The van der Waals surface area contributed by atoms with Gasteiger partial charge in [0, 0.05) is 0 Å². The van der Waals surface area contributed by atoms with Gasteiger partial charge in [-0.1, -0.05) is 12.1 Å². The molecule has 18 heavy (non-hydrogen) atoms. The number of rotatable bonds is 1. The molecule has 0 bridgehead atoms. The summed E-state index contributed by atoms with van der Waals surface area (Å²) in [5.41, 5.74) is 3.17. The van der Waals surface area contributed by atoms with Crippen molar-refractivity contribution in [2.45, 2.75) is 0 Å². The van der Waals surface area contributed by atoms with Crippen molar-refractivity contribution in [3.05, 3.63) is 42.7 Å². The van der Waals surface area contributed by atoms with E-state index in [0.29, 0.717) is 5.65 Å². The van der Waals surface area contributed by atoms with E-state index in [9.17, 15) is 0 Å². The molecule has 0 spiro atoms. The Morgan fingerprint density at radius 2 is 1.72 bits per heavy atom. The van der Waals surface area contributed by atoms with Gasteiger partial charge in [-0.25, -0.2) is 0 Å². The molecule has 4 heterocycles. The number of pyridine rings is 2. The van der Waals surface area contributed by atoms with Crippen molar-refractivity contribution in [3.8, 4) is 11.4 Å². The Hall–Kier alpha value is -2.83. The number of nitrogens with zero attached hydrogens (tertiary/aromatic N) is 7. The molecule has 0 N–H and O–H groups in total. The summed E-state index contributed by atoms with van der Waals surface area (Å²) in [7, 11) is 0. The highest BCUT2D eigenvalue weighted by Crippen LogP contribution is 2.19. The fraction of sp³-hybridized carbons (Fsp3) is 0. The highest BCUT2D eigenvalue weighted by molar-refractivity contribution is 5.62. The van der Waals surface area contributed by atoms with Crippen molar-refractivity contribution >= 4 is 11.3 Å². The van der Waals surface area contributed by atoms with E-state index in [1.54, 1.807) is 8.92 Å². The number of hydrogen-bond donors (Lipinski definition) is 0. The van der Waals surface area contributed by atoms with E-state index in [-0.39, 0.29) is 0 Å². The molecule has 0 fully saturated rings. The van der Waals surface area contributed by atoms with Crippen LogP contribution in [0, 0.1) is 6.33 Å². The molecule has 4 rings (SSSR count). The van der Waals surface area contributed by atoms with E-state index < -0.39 is 0 Å². The summed E-state index contributed by atoms with van der Waals surface area (Å²) >= 11 is 0. The van der Waals surface area contributed by atoms with E-state index in [0.717, 1.165) is 17.0 Å². The lowest BCUT2D eigenvalue weighted by molar-refractivity contribution is 0.825. The Balaban J connectivity index is 2.13. The highest BCUT2D eigenvalue weighted by Gasteiger charge is 2.09. The van der Waals surface area contributed by atoms with E-state index in [2.05, 4.69) is 32.1 Å². The van der Waals surface area contributed by atoms with Crippen molar-refractivity contribution in [1.82, 2.24) is 34.6 Å². The molecule has 0 amide bonds. The van der Waals surface area contributed by atoms with Crippen LogP contribution in [0.3, 0.4) is 0 Å². The fourth-order valence-corrected chi connectivity index (χ4v) is 1.96. The molecule has 0 atom stereocenters. The van der Waals surface area contributed by atoms with Crippen molar-refractivity contribution in [2.75, 3.05) is 0 Å². The van der Waals surface area contributed by atoms with Crippen LogP contribution in [-0.4, -0.2) is 34.6 Å². The van der Waals surface area contributed by atoms with E-state index in [4.69, 9.17) is 0 Å².